The van der Waals surface area contributed by atoms with Gasteiger partial charge < -0.3 is 30.9 Å². The molecule has 2 aliphatic carbocycles. The molecular formula is C33H42Cl2F6N4O4. The highest BCUT2D eigenvalue weighted by Crippen LogP contribution is 2.40. The first-order valence-electron chi connectivity index (χ1n) is 15.8. The fourth-order valence-corrected chi connectivity index (χ4v) is 5.97. The molecule has 0 heterocycles. The van der Waals surface area contributed by atoms with E-state index in [4.69, 9.17) is 43.7 Å². The second kappa shape index (κ2) is 18.7. The Kier molecular flexibility index (Phi) is 15.6. The Bertz CT molecular complexity index is 1390. The van der Waals surface area contributed by atoms with E-state index >= 15 is 0 Å². The van der Waals surface area contributed by atoms with Crippen molar-refractivity contribution in [3.63, 3.8) is 0 Å². The van der Waals surface area contributed by atoms with Gasteiger partial charge in [0.05, 0.1) is 35.1 Å². The second-order valence-electron chi connectivity index (χ2n) is 11.9. The minimum Gasteiger partial charge on any atom is -0.393 e. The van der Waals surface area contributed by atoms with Crippen molar-refractivity contribution in [3.8, 4) is 0 Å². The maximum atomic E-state index is 13.5. The molecule has 16 heteroatoms. The third-order valence-electron chi connectivity index (χ3n) is 8.38. The lowest BCUT2D eigenvalue weighted by molar-refractivity contribution is -0.101. The topological polar surface area (TPSA) is 121 Å². The zero-order valence-electron chi connectivity index (χ0n) is 26.9. The Morgan fingerprint density at radius 2 is 1.78 bits per heavy atom. The summed E-state index contributed by atoms with van der Waals surface area (Å²) in [6, 6.07) is 9.32. The molecule has 1 aromatic rings. The molecular weight excluding hydrogens is 701 g/mol. The van der Waals surface area contributed by atoms with Crippen LogP contribution >= 0.6 is 23.2 Å². The van der Waals surface area contributed by atoms with Crippen molar-refractivity contribution in [2.24, 2.45) is 22.7 Å². The first-order valence-corrected chi connectivity index (χ1v) is 16.5. The first-order chi connectivity index (χ1) is 23.1. The third-order valence-corrected chi connectivity index (χ3v) is 9.20. The highest BCUT2D eigenvalue weighted by molar-refractivity contribution is 6.40. The predicted molar refractivity (Wildman–Crippen MR) is 176 cm³/mol. The number of allylic oxidation sites excluding steroid dienone is 7. The van der Waals surface area contributed by atoms with Crippen LogP contribution in [0.3, 0.4) is 0 Å². The summed E-state index contributed by atoms with van der Waals surface area (Å²) < 4.78 is 86.4. The van der Waals surface area contributed by atoms with Gasteiger partial charge in [-0.15, -0.1) is 0 Å². The number of hydrogen-bond acceptors (Lipinski definition) is 8. The summed E-state index contributed by atoms with van der Waals surface area (Å²) in [6.45, 7) is 1.73. The molecule has 0 radical (unpaired) electrons. The fraction of sp³-hybridized carbons (Fsp3) is 0.545. The molecule has 0 saturated heterocycles. The SMILES string of the molecule is CCC(O)(CCNCCC(C1=CC(Cl)=C(Cl)CC1)/C(COCC1C=C(C(F)(F)F)C=C(C(F)(F)F)C1)=N/OCC(N)NO)c1ccccc1. The molecule has 0 bridgehead atoms. The van der Waals surface area contributed by atoms with E-state index in [1.807, 2.05) is 42.7 Å². The standard InChI is InChI=1S/C33H42Cl2F6N4O4/c1-2-31(46,23-6-4-3-5-7-23)11-13-43-12-10-26(22-8-9-27(34)28(35)16-22)29(45-49-20-30(42)44-47)19-48-18-21-14-24(32(36,37)38)17-25(15-21)33(39,40)41/h3-7,14,16-17,21,26,30,43-44,46-47H,2,8-13,15,18-20,42H2,1H3/b45-29+. The van der Waals surface area contributed by atoms with Gasteiger partial charge in [-0.2, -0.15) is 31.8 Å². The summed E-state index contributed by atoms with van der Waals surface area (Å²) in [7, 11) is 0. The summed E-state index contributed by atoms with van der Waals surface area (Å²) in [5.74, 6) is -1.71. The smallest absolute Gasteiger partial charge is 0.393 e. The average molecular weight is 744 g/mol. The van der Waals surface area contributed by atoms with Crippen molar-refractivity contribution in [2.45, 2.75) is 69.6 Å². The zero-order valence-corrected chi connectivity index (χ0v) is 28.4. The Labute approximate surface area is 291 Å². The number of oxime groups is 1. The van der Waals surface area contributed by atoms with Gasteiger partial charge in [-0.25, -0.2) is 0 Å². The van der Waals surface area contributed by atoms with E-state index in [1.54, 1.807) is 6.08 Å². The van der Waals surface area contributed by atoms with Gasteiger partial charge in [0, 0.05) is 22.4 Å². The summed E-state index contributed by atoms with van der Waals surface area (Å²) in [6.07, 6.45) is -6.79. The molecule has 0 spiro atoms. The van der Waals surface area contributed by atoms with Crippen LogP contribution in [-0.4, -0.2) is 67.5 Å². The van der Waals surface area contributed by atoms with Crippen molar-refractivity contribution in [3.05, 3.63) is 80.9 Å². The van der Waals surface area contributed by atoms with E-state index in [0.29, 0.717) is 55.3 Å². The summed E-state index contributed by atoms with van der Waals surface area (Å²) >= 11 is 12.6. The van der Waals surface area contributed by atoms with Gasteiger partial charge in [0.1, 0.15) is 12.8 Å². The Morgan fingerprint density at radius 1 is 1.06 bits per heavy atom. The van der Waals surface area contributed by atoms with Crippen molar-refractivity contribution in [1.82, 2.24) is 10.8 Å². The summed E-state index contributed by atoms with van der Waals surface area (Å²) in [5, 5.41) is 28.6. The molecule has 4 unspecified atom stereocenters. The van der Waals surface area contributed by atoms with E-state index in [1.165, 1.54) is 0 Å². The number of benzene rings is 1. The van der Waals surface area contributed by atoms with Gasteiger partial charge in [-0.05, 0) is 69.3 Å². The van der Waals surface area contributed by atoms with Gasteiger partial charge in [0.25, 0.3) is 0 Å². The number of aliphatic hydroxyl groups is 1. The van der Waals surface area contributed by atoms with Crippen LogP contribution in [-0.2, 0) is 15.2 Å². The van der Waals surface area contributed by atoms with Gasteiger partial charge in [0.2, 0.25) is 0 Å². The third kappa shape index (κ3) is 12.7. The van der Waals surface area contributed by atoms with E-state index in [-0.39, 0.29) is 25.0 Å². The van der Waals surface area contributed by atoms with Crippen LogP contribution in [0.15, 0.2) is 80.5 Å². The quantitative estimate of drug-likeness (QED) is 0.0351. The van der Waals surface area contributed by atoms with Crippen LogP contribution in [0.4, 0.5) is 26.3 Å². The van der Waals surface area contributed by atoms with Crippen molar-refractivity contribution in [2.75, 3.05) is 32.9 Å². The molecule has 0 aromatic heterocycles. The lowest BCUT2D eigenvalue weighted by Crippen LogP contribution is -2.39. The van der Waals surface area contributed by atoms with Crippen LogP contribution in [0, 0.1) is 11.8 Å². The number of nitrogens with one attached hydrogen (secondary N) is 2. The number of hydroxylamine groups is 1. The highest BCUT2D eigenvalue weighted by atomic mass is 35.5. The number of halogens is 8. The van der Waals surface area contributed by atoms with Crippen LogP contribution in [0.25, 0.3) is 0 Å². The molecule has 274 valence electrons. The number of hydrogen-bond donors (Lipinski definition) is 5. The molecule has 6 N–H and O–H groups in total. The lowest BCUT2D eigenvalue weighted by atomic mass is 9.85. The van der Waals surface area contributed by atoms with Gasteiger partial charge in [-0.1, -0.05) is 77.3 Å². The van der Waals surface area contributed by atoms with Crippen molar-refractivity contribution in [1.29, 1.82) is 0 Å². The predicted octanol–water partition coefficient (Wildman–Crippen LogP) is 7.33. The van der Waals surface area contributed by atoms with Crippen LogP contribution in [0.1, 0.15) is 51.0 Å². The minimum atomic E-state index is -4.97. The van der Waals surface area contributed by atoms with Gasteiger partial charge in [-0.3, -0.25) is 0 Å². The normalized spacial score (nSPS) is 20.3. The molecule has 1 aromatic carbocycles. The Hall–Kier alpha value is -2.43. The number of nitrogens with two attached hydrogens (primary N) is 1. The fourth-order valence-electron chi connectivity index (χ4n) is 5.58. The maximum Gasteiger partial charge on any atom is 0.416 e. The number of ether oxygens (including phenoxy) is 1. The van der Waals surface area contributed by atoms with Crippen LogP contribution in [0.2, 0.25) is 0 Å². The van der Waals surface area contributed by atoms with E-state index in [0.717, 1.165) is 17.2 Å². The zero-order chi connectivity index (χ0) is 36.2. The second-order valence-corrected chi connectivity index (χ2v) is 12.8. The van der Waals surface area contributed by atoms with E-state index < -0.39 is 60.1 Å². The average Bonchev–Trinajstić information content (AvgIpc) is 3.06. The molecule has 0 aliphatic heterocycles. The molecule has 3 rings (SSSR count). The maximum absolute atomic E-state index is 13.5. The monoisotopic (exact) mass is 742 g/mol. The molecule has 2 aliphatic rings. The molecule has 0 saturated carbocycles. The van der Waals surface area contributed by atoms with Crippen molar-refractivity contribution < 1.29 is 46.2 Å². The number of nitrogens with zero attached hydrogens (tertiary/aromatic N) is 1. The van der Waals surface area contributed by atoms with E-state index in [9.17, 15) is 31.4 Å². The Morgan fingerprint density at radius 3 is 2.39 bits per heavy atom. The van der Waals surface area contributed by atoms with Gasteiger partial charge >= 0.3 is 12.4 Å². The molecule has 49 heavy (non-hydrogen) atoms. The molecule has 0 amide bonds. The van der Waals surface area contributed by atoms with Crippen LogP contribution < -0.4 is 16.5 Å². The minimum absolute atomic E-state index is 0.123. The lowest BCUT2D eigenvalue weighted by Gasteiger charge is -2.28. The van der Waals surface area contributed by atoms with Gasteiger partial charge in [0.15, 0.2) is 0 Å². The van der Waals surface area contributed by atoms with Crippen LogP contribution in [0.5, 0.6) is 0 Å². The Balaban J connectivity index is 1.79. The van der Waals surface area contributed by atoms with Crippen molar-refractivity contribution >= 4 is 28.9 Å². The van der Waals surface area contributed by atoms with E-state index in [2.05, 4.69) is 10.5 Å². The number of alkyl halides is 6. The number of rotatable bonds is 18. The first kappa shape index (κ1) is 41.0. The summed E-state index contributed by atoms with van der Waals surface area (Å²) in [5.41, 5.74) is 5.62. The molecule has 8 nitrogen and oxygen atoms in total. The highest BCUT2D eigenvalue weighted by Gasteiger charge is 2.42. The summed E-state index contributed by atoms with van der Waals surface area (Å²) in [4.78, 5) is 5.36. The largest absolute Gasteiger partial charge is 0.416 e. The molecule has 0 fully saturated rings. The molecule has 4 atom stereocenters.